The van der Waals surface area contributed by atoms with Crippen LogP contribution in [0.2, 0.25) is 0 Å². The number of aryl methyl sites for hydroxylation is 1. The van der Waals surface area contributed by atoms with Gasteiger partial charge in [0.2, 0.25) is 17.8 Å². The van der Waals surface area contributed by atoms with Crippen LogP contribution in [0.4, 0.5) is 23.5 Å². The zero-order valence-electron chi connectivity index (χ0n) is 17.0. The summed E-state index contributed by atoms with van der Waals surface area (Å²) < 4.78 is 5.41. The van der Waals surface area contributed by atoms with E-state index in [1.165, 1.54) is 18.3 Å². The van der Waals surface area contributed by atoms with Crippen LogP contribution >= 0.6 is 0 Å². The molecule has 0 unspecified atom stereocenters. The molecule has 160 valence electrons. The fourth-order valence-electron chi connectivity index (χ4n) is 2.93. The third-order valence-electron chi connectivity index (χ3n) is 4.60. The predicted octanol–water partition coefficient (Wildman–Crippen LogP) is 2.62. The number of hydrazone groups is 1. The van der Waals surface area contributed by atoms with Crippen LogP contribution in [-0.4, -0.2) is 57.7 Å². The van der Waals surface area contributed by atoms with Gasteiger partial charge in [-0.3, -0.25) is 0 Å². The molecule has 0 saturated carbocycles. The topological polar surface area (TPSA) is 128 Å². The summed E-state index contributed by atoms with van der Waals surface area (Å²) in [6.07, 6.45) is 1.49. The molecule has 1 saturated heterocycles. The number of benzene rings is 2. The molecule has 1 aromatic heterocycles. The van der Waals surface area contributed by atoms with Gasteiger partial charge in [-0.15, -0.1) is 0 Å². The summed E-state index contributed by atoms with van der Waals surface area (Å²) in [6, 6.07) is 12.3. The van der Waals surface area contributed by atoms with E-state index in [1.54, 1.807) is 6.07 Å². The Morgan fingerprint density at radius 3 is 2.45 bits per heavy atom. The van der Waals surface area contributed by atoms with Crippen LogP contribution in [0.5, 0.6) is 11.5 Å². The standard InChI is InChI=1S/C21H23N7O3/c1-14-2-5-16(6-3-14)23-19-24-20(26-21(25-19)28-8-10-31-11-9-28)27-22-13-15-4-7-17(29)18(30)12-15/h2-7,12-13,29-30H,8-11H2,1H3,(H2,23,24,25,26,27). The first kappa shape index (κ1) is 20.4. The molecular formula is C21H23N7O3. The Kier molecular flexibility index (Phi) is 6.08. The molecule has 2 heterocycles. The van der Waals surface area contributed by atoms with Gasteiger partial charge in [0.25, 0.3) is 0 Å². The van der Waals surface area contributed by atoms with Crippen molar-refractivity contribution in [3.8, 4) is 11.5 Å². The van der Waals surface area contributed by atoms with Gasteiger partial charge in [0.1, 0.15) is 0 Å². The van der Waals surface area contributed by atoms with Gasteiger partial charge in [0, 0.05) is 18.8 Å². The summed E-state index contributed by atoms with van der Waals surface area (Å²) >= 11 is 0. The molecule has 0 aliphatic carbocycles. The third kappa shape index (κ3) is 5.37. The van der Waals surface area contributed by atoms with Gasteiger partial charge in [0.05, 0.1) is 19.4 Å². The Labute approximate surface area is 179 Å². The lowest BCUT2D eigenvalue weighted by Gasteiger charge is -2.27. The maximum absolute atomic E-state index is 9.60. The highest BCUT2D eigenvalue weighted by molar-refractivity contribution is 5.81. The number of rotatable bonds is 6. The summed E-state index contributed by atoms with van der Waals surface area (Å²) in [4.78, 5) is 15.4. The molecule has 4 rings (SSSR count). The molecular weight excluding hydrogens is 398 g/mol. The summed E-state index contributed by atoms with van der Waals surface area (Å²) in [7, 11) is 0. The van der Waals surface area contributed by atoms with Crippen molar-refractivity contribution in [3.63, 3.8) is 0 Å². The molecule has 0 atom stereocenters. The van der Waals surface area contributed by atoms with E-state index >= 15 is 0 Å². The van der Waals surface area contributed by atoms with E-state index in [9.17, 15) is 10.2 Å². The van der Waals surface area contributed by atoms with Crippen molar-refractivity contribution in [1.82, 2.24) is 15.0 Å². The number of nitrogens with one attached hydrogen (secondary N) is 2. The molecule has 0 bridgehead atoms. The highest BCUT2D eigenvalue weighted by Crippen LogP contribution is 2.24. The molecule has 0 radical (unpaired) electrons. The molecule has 3 aromatic rings. The van der Waals surface area contributed by atoms with Gasteiger partial charge < -0.3 is 25.2 Å². The number of anilines is 4. The highest BCUT2D eigenvalue weighted by Gasteiger charge is 2.16. The Hall–Kier alpha value is -3.92. The van der Waals surface area contributed by atoms with E-state index in [0.717, 1.165) is 11.3 Å². The fourth-order valence-corrected chi connectivity index (χ4v) is 2.93. The Bertz CT molecular complexity index is 1070. The van der Waals surface area contributed by atoms with Crippen LogP contribution < -0.4 is 15.6 Å². The predicted molar refractivity (Wildman–Crippen MR) is 118 cm³/mol. The minimum atomic E-state index is -0.219. The van der Waals surface area contributed by atoms with Crippen molar-refractivity contribution in [2.24, 2.45) is 5.10 Å². The molecule has 31 heavy (non-hydrogen) atoms. The van der Waals surface area contributed by atoms with E-state index in [-0.39, 0.29) is 17.4 Å². The number of nitrogens with zero attached hydrogens (tertiary/aromatic N) is 5. The minimum Gasteiger partial charge on any atom is -0.504 e. The smallest absolute Gasteiger partial charge is 0.250 e. The lowest BCUT2D eigenvalue weighted by Crippen LogP contribution is -2.37. The monoisotopic (exact) mass is 421 g/mol. The van der Waals surface area contributed by atoms with Gasteiger partial charge in [0.15, 0.2) is 11.5 Å². The van der Waals surface area contributed by atoms with E-state index in [4.69, 9.17) is 4.74 Å². The van der Waals surface area contributed by atoms with Gasteiger partial charge in [-0.1, -0.05) is 17.7 Å². The maximum atomic E-state index is 9.60. The maximum Gasteiger partial charge on any atom is 0.250 e. The lowest BCUT2D eigenvalue weighted by molar-refractivity contribution is 0.122. The number of aromatic hydroxyl groups is 2. The third-order valence-corrected chi connectivity index (χ3v) is 4.60. The quantitative estimate of drug-likeness (QED) is 0.270. The largest absolute Gasteiger partial charge is 0.504 e. The first-order valence-electron chi connectivity index (χ1n) is 9.80. The lowest BCUT2D eigenvalue weighted by atomic mass is 10.2. The van der Waals surface area contributed by atoms with Crippen LogP contribution in [0.15, 0.2) is 47.6 Å². The number of hydrogen-bond acceptors (Lipinski definition) is 10. The van der Waals surface area contributed by atoms with Crippen molar-refractivity contribution in [2.45, 2.75) is 6.92 Å². The molecule has 4 N–H and O–H groups in total. The second kappa shape index (κ2) is 9.26. The minimum absolute atomic E-state index is 0.190. The van der Waals surface area contributed by atoms with Gasteiger partial charge in [-0.2, -0.15) is 20.1 Å². The van der Waals surface area contributed by atoms with E-state index in [2.05, 4.69) is 30.8 Å². The van der Waals surface area contributed by atoms with Crippen LogP contribution in [0.3, 0.4) is 0 Å². The molecule has 10 nitrogen and oxygen atoms in total. The first-order valence-corrected chi connectivity index (χ1v) is 9.80. The molecule has 1 aliphatic rings. The number of ether oxygens (including phenoxy) is 1. The van der Waals surface area contributed by atoms with Crippen molar-refractivity contribution in [1.29, 1.82) is 0 Å². The Morgan fingerprint density at radius 2 is 1.71 bits per heavy atom. The van der Waals surface area contributed by atoms with E-state index in [1.807, 2.05) is 36.1 Å². The average Bonchev–Trinajstić information content (AvgIpc) is 2.78. The van der Waals surface area contributed by atoms with Crippen LogP contribution in [-0.2, 0) is 4.74 Å². The van der Waals surface area contributed by atoms with Crippen LogP contribution in [0.1, 0.15) is 11.1 Å². The average molecular weight is 421 g/mol. The van der Waals surface area contributed by atoms with Crippen LogP contribution in [0.25, 0.3) is 0 Å². The molecule has 10 heteroatoms. The van der Waals surface area contributed by atoms with Crippen LogP contribution in [0, 0.1) is 6.92 Å². The second-order valence-corrected chi connectivity index (χ2v) is 6.99. The van der Waals surface area contributed by atoms with E-state index in [0.29, 0.717) is 43.8 Å². The number of hydrogen-bond donors (Lipinski definition) is 4. The van der Waals surface area contributed by atoms with Crippen molar-refractivity contribution in [3.05, 3.63) is 53.6 Å². The second-order valence-electron chi connectivity index (χ2n) is 6.99. The number of phenolic OH excluding ortho intramolecular Hbond substituents is 2. The molecule has 1 fully saturated rings. The van der Waals surface area contributed by atoms with Gasteiger partial charge in [-0.25, -0.2) is 5.43 Å². The number of phenols is 2. The zero-order valence-corrected chi connectivity index (χ0v) is 17.0. The summed E-state index contributed by atoms with van der Waals surface area (Å²) in [6.45, 7) is 4.61. The fraction of sp³-hybridized carbons (Fsp3) is 0.238. The first-order chi connectivity index (χ1) is 15.1. The summed E-state index contributed by atoms with van der Waals surface area (Å²) in [5, 5.41) is 26.3. The summed E-state index contributed by atoms with van der Waals surface area (Å²) in [5.41, 5.74) is 5.43. The van der Waals surface area contributed by atoms with Crippen molar-refractivity contribution in [2.75, 3.05) is 41.9 Å². The normalized spacial score (nSPS) is 14.0. The Balaban J connectivity index is 1.56. The Morgan fingerprint density at radius 1 is 0.968 bits per heavy atom. The van der Waals surface area contributed by atoms with E-state index < -0.39 is 0 Å². The SMILES string of the molecule is Cc1ccc(Nc2nc(NN=Cc3ccc(O)c(O)c3)nc(N3CCOCC3)n2)cc1. The highest BCUT2D eigenvalue weighted by atomic mass is 16.5. The number of aromatic nitrogens is 3. The molecule has 0 amide bonds. The van der Waals surface area contributed by atoms with Gasteiger partial charge in [-0.05, 0) is 42.8 Å². The zero-order chi connectivity index (χ0) is 21.6. The van der Waals surface area contributed by atoms with Crippen molar-refractivity contribution >= 4 is 29.7 Å². The summed E-state index contributed by atoms with van der Waals surface area (Å²) in [5.74, 6) is 0.770. The molecule has 1 aliphatic heterocycles. The van der Waals surface area contributed by atoms with Crippen molar-refractivity contribution < 1.29 is 14.9 Å². The number of morpholine rings is 1. The molecule has 2 aromatic carbocycles. The molecule has 0 spiro atoms. The van der Waals surface area contributed by atoms with Gasteiger partial charge >= 0.3 is 0 Å².